The van der Waals surface area contributed by atoms with E-state index in [2.05, 4.69) is 0 Å². The Morgan fingerprint density at radius 2 is 2.00 bits per heavy atom. The molecule has 1 aliphatic heterocycles. The SMILES string of the molecule is CCC(=O)N1CCCC1c1ccc(C(=O)O)cc1. The first kappa shape index (κ1) is 12.6. The Morgan fingerprint density at radius 1 is 1.33 bits per heavy atom. The molecule has 1 fully saturated rings. The predicted molar refractivity (Wildman–Crippen MR) is 67.4 cm³/mol. The summed E-state index contributed by atoms with van der Waals surface area (Å²) in [6, 6.07) is 6.94. The molecule has 1 aromatic carbocycles. The van der Waals surface area contributed by atoms with Crippen LogP contribution in [0.25, 0.3) is 0 Å². The summed E-state index contributed by atoms with van der Waals surface area (Å²) in [5, 5.41) is 8.85. The van der Waals surface area contributed by atoms with E-state index in [1.165, 1.54) is 0 Å². The minimum absolute atomic E-state index is 0.111. The summed E-state index contributed by atoms with van der Waals surface area (Å²) >= 11 is 0. The van der Waals surface area contributed by atoms with Gasteiger partial charge in [0.25, 0.3) is 0 Å². The molecule has 1 atom stereocenters. The Balaban J connectivity index is 2.20. The lowest BCUT2D eigenvalue weighted by atomic mass is 10.0. The van der Waals surface area contributed by atoms with Crippen molar-refractivity contribution in [2.45, 2.75) is 32.2 Å². The van der Waals surface area contributed by atoms with Crippen LogP contribution in [0.1, 0.15) is 48.1 Å². The average Bonchev–Trinajstić information content (AvgIpc) is 2.87. The number of likely N-dealkylation sites (tertiary alicyclic amines) is 1. The number of nitrogens with zero attached hydrogens (tertiary/aromatic N) is 1. The lowest BCUT2D eigenvalue weighted by Crippen LogP contribution is -2.29. The van der Waals surface area contributed by atoms with E-state index in [4.69, 9.17) is 5.11 Å². The van der Waals surface area contributed by atoms with Crippen LogP contribution in [0.5, 0.6) is 0 Å². The summed E-state index contributed by atoms with van der Waals surface area (Å²) in [5.41, 5.74) is 1.31. The quantitative estimate of drug-likeness (QED) is 0.892. The number of carboxylic acids is 1. The normalized spacial score (nSPS) is 18.9. The molecule has 0 aliphatic carbocycles. The average molecular weight is 247 g/mol. The second-order valence-corrected chi connectivity index (χ2v) is 4.53. The van der Waals surface area contributed by atoms with Gasteiger partial charge in [0.05, 0.1) is 11.6 Å². The van der Waals surface area contributed by atoms with E-state index in [0.717, 1.165) is 24.9 Å². The highest BCUT2D eigenvalue weighted by Gasteiger charge is 2.28. The molecule has 4 heteroatoms. The van der Waals surface area contributed by atoms with Gasteiger partial charge >= 0.3 is 5.97 Å². The number of hydrogen-bond acceptors (Lipinski definition) is 2. The summed E-state index contributed by atoms with van der Waals surface area (Å²) in [7, 11) is 0. The van der Waals surface area contributed by atoms with Crippen LogP contribution < -0.4 is 0 Å². The molecule has 4 nitrogen and oxygen atoms in total. The van der Waals surface area contributed by atoms with E-state index in [9.17, 15) is 9.59 Å². The third kappa shape index (κ3) is 2.37. The highest BCUT2D eigenvalue weighted by molar-refractivity contribution is 5.87. The first-order valence-electron chi connectivity index (χ1n) is 6.26. The molecule has 1 N–H and O–H groups in total. The van der Waals surface area contributed by atoms with Crippen LogP contribution >= 0.6 is 0 Å². The van der Waals surface area contributed by atoms with Crippen molar-refractivity contribution in [3.63, 3.8) is 0 Å². The molecule has 0 saturated carbocycles. The Labute approximate surface area is 106 Å². The Hall–Kier alpha value is -1.84. The van der Waals surface area contributed by atoms with Crippen LogP contribution in [0.2, 0.25) is 0 Å². The van der Waals surface area contributed by atoms with E-state index in [1.54, 1.807) is 12.1 Å². The number of benzene rings is 1. The van der Waals surface area contributed by atoms with E-state index in [0.29, 0.717) is 6.42 Å². The zero-order valence-corrected chi connectivity index (χ0v) is 10.4. The molecule has 0 radical (unpaired) electrons. The molecule has 0 bridgehead atoms. The van der Waals surface area contributed by atoms with E-state index >= 15 is 0 Å². The highest BCUT2D eigenvalue weighted by atomic mass is 16.4. The minimum atomic E-state index is -0.922. The minimum Gasteiger partial charge on any atom is -0.478 e. The number of amides is 1. The van der Waals surface area contributed by atoms with Gasteiger partial charge < -0.3 is 10.0 Å². The fourth-order valence-corrected chi connectivity index (χ4v) is 2.46. The Bertz CT molecular complexity index is 453. The molecule has 1 aromatic rings. The van der Waals surface area contributed by atoms with Gasteiger partial charge in [-0.05, 0) is 30.5 Å². The van der Waals surface area contributed by atoms with Gasteiger partial charge in [0.15, 0.2) is 0 Å². The molecule has 1 amide bonds. The smallest absolute Gasteiger partial charge is 0.335 e. The zero-order chi connectivity index (χ0) is 13.1. The van der Waals surface area contributed by atoms with E-state index < -0.39 is 5.97 Å². The fraction of sp³-hybridized carbons (Fsp3) is 0.429. The van der Waals surface area contributed by atoms with Crippen molar-refractivity contribution < 1.29 is 14.7 Å². The van der Waals surface area contributed by atoms with Gasteiger partial charge in [0.1, 0.15) is 0 Å². The van der Waals surface area contributed by atoms with Crippen LogP contribution in [0.15, 0.2) is 24.3 Å². The molecular weight excluding hydrogens is 230 g/mol. The van der Waals surface area contributed by atoms with E-state index in [1.807, 2.05) is 24.0 Å². The predicted octanol–water partition coefficient (Wildman–Crippen LogP) is 2.46. The molecule has 18 heavy (non-hydrogen) atoms. The molecule has 0 spiro atoms. The number of hydrogen-bond donors (Lipinski definition) is 1. The third-order valence-electron chi connectivity index (χ3n) is 3.42. The van der Waals surface area contributed by atoms with Gasteiger partial charge in [-0.1, -0.05) is 19.1 Å². The molecule has 1 aliphatic rings. The lowest BCUT2D eigenvalue weighted by molar-refractivity contribution is -0.131. The number of rotatable bonds is 3. The van der Waals surface area contributed by atoms with Crippen LogP contribution in [0, 0.1) is 0 Å². The molecule has 2 rings (SSSR count). The summed E-state index contributed by atoms with van der Waals surface area (Å²) in [4.78, 5) is 24.5. The maximum atomic E-state index is 11.8. The molecule has 96 valence electrons. The van der Waals surface area contributed by atoms with Gasteiger partial charge in [-0.2, -0.15) is 0 Å². The van der Waals surface area contributed by atoms with Crippen LogP contribution in [0.3, 0.4) is 0 Å². The van der Waals surface area contributed by atoms with E-state index in [-0.39, 0.29) is 17.5 Å². The monoisotopic (exact) mass is 247 g/mol. The Morgan fingerprint density at radius 3 is 2.56 bits per heavy atom. The molecule has 1 saturated heterocycles. The molecule has 0 aromatic heterocycles. The molecule has 1 unspecified atom stereocenters. The van der Waals surface area contributed by atoms with Gasteiger partial charge in [-0.3, -0.25) is 4.79 Å². The maximum Gasteiger partial charge on any atom is 0.335 e. The largest absolute Gasteiger partial charge is 0.478 e. The summed E-state index contributed by atoms with van der Waals surface area (Å²) in [6.07, 6.45) is 2.49. The first-order valence-corrected chi connectivity index (χ1v) is 6.26. The number of carbonyl (C=O) groups excluding carboxylic acids is 1. The topological polar surface area (TPSA) is 57.6 Å². The van der Waals surface area contributed by atoms with Crippen molar-refractivity contribution in [2.24, 2.45) is 0 Å². The third-order valence-corrected chi connectivity index (χ3v) is 3.42. The van der Waals surface area contributed by atoms with Gasteiger partial charge in [0, 0.05) is 13.0 Å². The fourth-order valence-electron chi connectivity index (χ4n) is 2.46. The summed E-state index contributed by atoms with van der Waals surface area (Å²) in [5.74, 6) is -0.755. The van der Waals surface area contributed by atoms with Crippen molar-refractivity contribution in [2.75, 3.05) is 6.54 Å². The van der Waals surface area contributed by atoms with Gasteiger partial charge in [-0.15, -0.1) is 0 Å². The van der Waals surface area contributed by atoms with Gasteiger partial charge in [0.2, 0.25) is 5.91 Å². The van der Waals surface area contributed by atoms with Crippen LogP contribution in [0.4, 0.5) is 0 Å². The second kappa shape index (κ2) is 5.21. The van der Waals surface area contributed by atoms with Crippen LogP contribution in [-0.2, 0) is 4.79 Å². The van der Waals surface area contributed by atoms with Crippen LogP contribution in [-0.4, -0.2) is 28.4 Å². The standard InChI is InChI=1S/C14H17NO3/c1-2-13(16)15-9-3-4-12(15)10-5-7-11(8-6-10)14(17)18/h5-8,12H,2-4,9H2,1H3,(H,17,18). The number of carbonyl (C=O) groups is 2. The zero-order valence-electron chi connectivity index (χ0n) is 10.4. The van der Waals surface area contributed by atoms with Crippen molar-refractivity contribution in [1.29, 1.82) is 0 Å². The second-order valence-electron chi connectivity index (χ2n) is 4.53. The van der Waals surface area contributed by atoms with Crippen molar-refractivity contribution in [1.82, 2.24) is 4.90 Å². The summed E-state index contributed by atoms with van der Waals surface area (Å²) in [6.45, 7) is 2.67. The number of carboxylic acid groups (broad SMARTS) is 1. The Kier molecular flexibility index (Phi) is 3.65. The lowest BCUT2D eigenvalue weighted by Gasteiger charge is -2.24. The van der Waals surface area contributed by atoms with Crippen molar-refractivity contribution >= 4 is 11.9 Å². The number of aromatic carboxylic acids is 1. The van der Waals surface area contributed by atoms with Gasteiger partial charge in [-0.25, -0.2) is 4.79 Å². The molecular formula is C14H17NO3. The summed E-state index contributed by atoms with van der Waals surface area (Å²) < 4.78 is 0. The molecule has 1 heterocycles. The maximum absolute atomic E-state index is 11.8. The van der Waals surface area contributed by atoms with Crippen molar-refractivity contribution in [3.8, 4) is 0 Å². The highest BCUT2D eigenvalue weighted by Crippen LogP contribution is 2.32. The first-order chi connectivity index (χ1) is 8.63. The van der Waals surface area contributed by atoms with Crippen molar-refractivity contribution in [3.05, 3.63) is 35.4 Å².